The molecule has 0 amide bonds. The van der Waals surface area contributed by atoms with Crippen molar-refractivity contribution >= 4 is 27.7 Å². The Labute approximate surface area is 180 Å². The van der Waals surface area contributed by atoms with Crippen LogP contribution in [-0.4, -0.2) is 24.2 Å². The van der Waals surface area contributed by atoms with Gasteiger partial charge in [-0.2, -0.15) is 0 Å². The summed E-state index contributed by atoms with van der Waals surface area (Å²) in [5.74, 6) is 0.332. The van der Waals surface area contributed by atoms with Crippen molar-refractivity contribution in [2.75, 3.05) is 13.2 Å². The van der Waals surface area contributed by atoms with Gasteiger partial charge in [0.2, 0.25) is 0 Å². The van der Waals surface area contributed by atoms with Crippen LogP contribution in [-0.2, 0) is 24.2 Å². The largest absolute Gasteiger partial charge is 0.507 e. The third-order valence-corrected chi connectivity index (χ3v) is 6.31. The van der Waals surface area contributed by atoms with Crippen LogP contribution < -0.4 is 4.90 Å². The number of ether oxygens (including phenoxy) is 1. The SMILES string of the molecule is CCOC(=O)c1c(C)oc2c1c(C[NH+]1CCc3ccccc3C1)c(O)c1ccccc12. The maximum atomic E-state index is 12.8. The molecule has 5 rings (SSSR count). The van der Waals surface area contributed by atoms with Gasteiger partial charge in [-0.15, -0.1) is 0 Å². The number of phenolic OH excluding ortho intramolecular Hbond substituents is 1. The van der Waals surface area contributed by atoms with Gasteiger partial charge in [-0.1, -0.05) is 48.5 Å². The van der Waals surface area contributed by atoms with E-state index < -0.39 is 5.97 Å². The van der Waals surface area contributed by atoms with Crippen LogP contribution in [0.15, 0.2) is 52.9 Å². The topological polar surface area (TPSA) is 64.1 Å². The van der Waals surface area contributed by atoms with E-state index in [2.05, 4.69) is 24.3 Å². The molecule has 158 valence electrons. The van der Waals surface area contributed by atoms with Crippen molar-refractivity contribution in [2.24, 2.45) is 0 Å². The molecule has 0 aliphatic carbocycles. The lowest BCUT2D eigenvalue weighted by Crippen LogP contribution is -3.10. The normalized spacial score (nSPS) is 15.9. The number of benzene rings is 3. The summed E-state index contributed by atoms with van der Waals surface area (Å²) in [4.78, 5) is 14.2. The van der Waals surface area contributed by atoms with Gasteiger partial charge in [0.1, 0.15) is 35.7 Å². The van der Waals surface area contributed by atoms with Crippen molar-refractivity contribution in [3.63, 3.8) is 0 Å². The van der Waals surface area contributed by atoms with E-state index in [0.717, 1.165) is 35.8 Å². The second-order valence-electron chi connectivity index (χ2n) is 8.20. The number of nitrogens with one attached hydrogen (secondary N) is 1. The van der Waals surface area contributed by atoms with Crippen LogP contribution in [0.3, 0.4) is 0 Å². The Morgan fingerprint density at radius 3 is 2.58 bits per heavy atom. The van der Waals surface area contributed by atoms with E-state index in [1.165, 1.54) is 16.0 Å². The predicted molar refractivity (Wildman–Crippen MR) is 119 cm³/mol. The molecule has 2 heterocycles. The standard InChI is InChI=1S/C26H25NO4/c1-3-30-26(29)22-16(2)31-25-20-11-7-6-10-19(20)24(28)21(23(22)25)15-27-13-12-17-8-4-5-9-18(17)14-27/h4-11,28H,3,12-15H2,1-2H3/p+1. The van der Waals surface area contributed by atoms with E-state index in [0.29, 0.717) is 28.8 Å². The molecular formula is C26H26NO4+. The molecule has 0 saturated heterocycles. The molecular weight excluding hydrogens is 390 g/mol. The van der Waals surface area contributed by atoms with E-state index in [-0.39, 0.29) is 12.4 Å². The van der Waals surface area contributed by atoms with Crippen LogP contribution in [0, 0.1) is 6.92 Å². The average molecular weight is 416 g/mol. The molecule has 2 N–H and O–H groups in total. The lowest BCUT2D eigenvalue weighted by molar-refractivity contribution is -0.929. The molecule has 5 heteroatoms. The minimum absolute atomic E-state index is 0.223. The lowest BCUT2D eigenvalue weighted by Gasteiger charge is -2.26. The average Bonchev–Trinajstić information content (AvgIpc) is 3.14. The second-order valence-corrected chi connectivity index (χ2v) is 8.20. The number of quaternary nitrogens is 1. The van der Waals surface area contributed by atoms with Crippen LogP contribution in [0.5, 0.6) is 5.75 Å². The number of hydrogen-bond acceptors (Lipinski definition) is 4. The van der Waals surface area contributed by atoms with E-state index >= 15 is 0 Å². The van der Waals surface area contributed by atoms with Gasteiger partial charge in [-0.05, 0) is 19.4 Å². The van der Waals surface area contributed by atoms with Gasteiger partial charge in [0.05, 0.1) is 18.7 Å². The molecule has 4 aromatic rings. The van der Waals surface area contributed by atoms with Crippen molar-refractivity contribution in [2.45, 2.75) is 33.4 Å². The zero-order valence-corrected chi connectivity index (χ0v) is 17.8. The molecule has 1 aliphatic heterocycles. The summed E-state index contributed by atoms with van der Waals surface area (Å²) in [6, 6.07) is 16.2. The molecule has 1 aromatic heterocycles. The highest BCUT2D eigenvalue weighted by atomic mass is 16.5. The zero-order valence-electron chi connectivity index (χ0n) is 17.8. The summed E-state index contributed by atoms with van der Waals surface area (Å²) < 4.78 is 11.4. The van der Waals surface area contributed by atoms with Crippen molar-refractivity contribution in [1.82, 2.24) is 0 Å². The molecule has 1 atom stereocenters. The number of carbonyl (C=O) groups excluding carboxylic acids is 1. The maximum absolute atomic E-state index is 12.8. The fraction of sp³-hybridized carbons (Fsp3) is 0.269. The molecule has 5 nitrogen and oxygen atoms in total. The summed E-state index contributed by atoms with van der Waals surface area (Å²) in [7, 11) is 0. The third-order valence-electron chi connectivity index (χ3n) is 6.31. The number of phenols is 1. The number of esters is 1. The van der Waals surface area contributed by atoms with Crippen LogP contribution in [0.2, 0.25) is 0 Å². The zero-order chi connectivity index (χ0) is 21.5. The number of aromatic hydroxyl groups is 1. The van der Waals surface area contributed by atoms with E-state index in [4.69, 9.17) is 9.15 Å². The Balaban J connectivity index is 1.69. The highest BCUT2D eigenvalue weighted by molar-refractivity contribution is 6.16. The number of fused-ring (bicyclic) bond motifs is 4. The first-order valence-electron chi connectivity index (χ1n) is 10.8. The minimum atomic E-state index is -0.409. The van der Waals surface area contributed by atoms with Crippen molar-refractivity contribution in [3.05, 3.63) is 76.5 Å². The van der Waals surface area contributed by atoms with Gasteiger partial charge in [-0.3, -0.25) is 0 Å². The third kappa shape index (κ3) is 3.26. The van der Waals surface area contributed by atoms with E-state index in [1.807, 2.05) is 24.3 Å². The monoisotopic (exact) mass is 416 g/mol. The van der Waals surface area contributed by atoms with Crippen molar-refractivity contribution < 1.29 is 24.0 Å². The molecule has 0 spiro atoms. The first-order valence-corrected chi connectivity index (χ1v) is 10.8. The Bertz CT molecular complexity index is 1300. The Morgan fingerprint density at radius 1 is 1.10 bits per heavy atom. The quantitative estimate of drug-likeness (QED) is 0.495. The maximum Gasteiger partial charge on any atom is 0.342 e. The van der Waals surface area contributed by atoms with Crippen molar-refractivity contribution in [3.8, 4) is 5.75 Å². The van der Waals surface area contributed by atoms with Crippen LogP contribution in [0.4, 0.5) is 0 Å². The molecule has 1 unspecified atom stereocenters. The Morgan fingerprint density at radius 2 is 1.81 bits per heavy atom. The van der Waals surface area contributed by atoms with Gasteiger partial charge < -0.3 is 19.2 Å². The molecule has 3 aromatic carbocycles. The summed E-state index contributed by atoms with van der Waals surface area (Å²) in [6.45, 7) is 6.32. The Hall–Kier alpha value is -3.31. The number of carbonyl (C=O) groups is 1. The summed E-state index contributed by atoms with van der Waals surface area (Å²) in [6.07, 6.45) is 0.998. The van der Waals surface area contributed by atoms with E-state index in [1.54, 1.807) is 13.8 Å². The predicted octanol–water partition coefficient (Wildman–Crippen LogP) is 3.92. The summed E-state index contributed by atoms with van der Waals surface area (Å²) in [5, 5.41) is 13.5. The second kappa shape index (κ2) is 7.75. The molecule has 0 fully saturated rings. The highest BCUT2D eigenvalue weighted by Crippen LogP contribution is 2.41. The number of furan rings is 1. The van der Waals surface area contributed by atoms with Gasteiger partial charge >= 0.3 is 5.97 Å². The Kier molecular flexibility index (Phi) is 4.91. The smallest absolute Gasteiger partial charge is 0.342 e. The molecule has 0 bridgehead atoms. The minimum Gasteiger partial charge on any atom is -0.507 e. The van der Waals surface area contributed by atoms with Crippen LogP contribution >= 0.6 is 0 Å². The first kappa shape index (κ1) is 19.6. The van der Waals surface area contributed by atoms with Crippen LogP contribution in [0.1, 0.15) is 39.7 Å². The highest BCUT2D eigenvalue weighted by Gasteiger charge is 2.29. The lowest BCUT2D eigenvalue weighted by atomic mass is 9.95. The van der Waals surface area contributed by atoms with Gasteiger partial charge in [-0.25, -0.2) is 4.79 Å². The van der Waals surface area contributed by atoms with E-state index in [9.17, 15) is 9.90 Å². The summed E-state index contributed by atoms with van der Waals surface area (Å²) >= 11 is 0. The molecule has 0 radical (unpaired) electrons. The molecule has 0 saturated carbocycles. The first-order chi connectivity index (χ1) is 15.1. The van der Waals surface area contributed by atoms with Gasteiger partial charge in [0, 0.05) is 28.1 Å². The number of rotatable bonds is 4. The fourth-order valence-electron chi connectivity index (χ4n) is 4.86. The van der Waals surface area contributed by atoms with Gasteiger partial charge in [0.15, 0.2) is 0 Å². The van der Waals surface area contributed by atoms with Gasteiger partial charge in [0.25, 0.3) is 0 Å². The molecule has 31 heavy (non-hydrogen) atoms. The summed E-state index contributed by atoms with van der Waals surface area (Å²) in [5.41, 5.74) is 4.55. The molecule has 1 aliphatic rings. The number of aryl methyl sites for hydroxylation is 1. The van der Waals surface area contributed by atoms with Crippen LogP contribution in [0.25, 0.3) is 21.7 Å². The number of hydrogen-bond donors (Lipinski definition) is 2. The fourth-order valence-corrected chi connectivity index (χ4v) is 4.86. The van der Waals surface area contributed by atoms with Crippen molar-refractivity contribution in [1.29, 1.82) is 0 Å².